The molecular weight excluding hydrogens is 462 g/mol. The van der Waals surface area contributed by atoms with Crippen LogP contribution in [-0.2, 0) is 23.9 Å². The van der Waals surface area contributed by atoms with Crippen molar-refractivity contribution < 1.29 is 28.7 Å². The Kier molecular flexibility index (Phi) is 11.6. The summed E-state index contributed by atoms with van der Waals surface area (Å²) in [6, 6.07) is 3.58. The summed E-state index contributed by atoms with van der Waals surface area (Å²) in [6.45, 7) is 16.1. The molecule has 9 heteroatoms. The van der Waals surface area contributed by atoms with Gasteiger partial charge in [0.1, 0.15) is 24.2 Å². The van der Waals surface area contributed by atoms with Gasteiger partial charge >= 0.3 is 12.1 Å². The Morgan fingerprint density at radius 3 is 2.33 bits per heavy atom. The molecule has 9 nitrogen and oxygen atoms in total. The quantitative estimate of drug-likeness (QED) is 0.352. The van der Waals surface area contributed by atoms with Crippen LogP contribution in [0, 0.1) is 19.8 Å². The van der Waals surface area contributed by atoms with Crippen molar-refractivity contribution in [2.45, 2.75) is 72.6 Å². The minimum Gasteiger partial charge on any atom is -0.468 e. The van der Waals surface area contributed by atoms with Crippen molar-refractivity contribution in [2.24, 2.45) is 5.92 Å². The minimum atomic E-state index is -1.08. The standard InChI is InChI=1S/C27H41N3O6/c1-10-14-30(25(33)22(18(4)11-2)29-26(34)36-27(6,7)8)23(24(32)28-16-21(31)35-9)20-15-17(3)12-13-19(20)5/h10,12-13,15,18,22-23H,1,11,14,16H2,2-9H3,(H,28,32)(H,29,34). The average Bonchev–Trinajstić information content (AvgIpc) is 2.80. The highest BCUT2D eigenvalue weighted by Gasteiger charge is 2.38. The van der Waals surface area contributed by atoms with Crippen molar-refractivity contribution in [1.82, 2.24) is 15.5 Å². The molecule has 0 aromatic heterocycles. The maximum atomic E-state index is 14.0. The van der Waals surface area contributed by atoms with Crippen LogP contribution >= 0.6 is 0 Å². The van der Waals surface area contributed by atoms with Crippen molar-refractivity contribution in [3.63, 3.8) is 0 Å². The predicted octanol–water partition coefficient (Wildman–Crippen LogP) is 3.59. The first kappa shape index (κ1) is 30.7. The number of carbonyl (C=O) groups excluding carboxylic acids is 4. The second-order valence-corrected chi connectivity index (χ2v) is 9.85. The Bertz CT molecular complexity index is 953. The number of rotatable bonds is 11. The Morgan fingerprint density at radius 1 is 1.17 bits per heavy atom. The lowest BCUT2D eigenvalue weighted by molar-refractivity contribution is -0.144. The van der Waals surface area contributed by atoms with Crippen molar-refractivity contribution in [2.75, 3.05) is 20.2 Å². The van der Waals surface area contributed by atoms with Gasteiger partial charge in [-0.15, -0.1) is 6.58 Å². The van der Waals surface area contributed by atoms with Gasteiger partial charge in [0.15, 0.2) is 0 Å². The lowest BCUT2D eigenvalue weighted by Crippen LogP contribution is -2.55. The molecule has 1 aromatic carbocycles. The van der Waals surface area contributed by atoms with Crippen LogP contribution in [0.5, 0.6) is 0 Å². The van der Waals surface area contributed by atoms with Gasteiger partial charge in [-0.25, -0.2) is 4.79 Å². The van der Waals surface area contributed by atoms with Gasteiger partial charge in [-0.3, -0.25) is 14.4 Å². The molecular formula is C27H41N3O6. The van der Waals surface area contributed by atoms with Gasteiger partial charge in [-0.05, 0) is 51.7 Å². The van der Waals surface area contributed by atoms with Crippen molar-refractivity contribution >= 4 is 23.9 Å². The third-order valence-corrected chi connectivity index (χ3v) is 5.68. The first-order valence-corrected chi connectivity index (χ1v) is 12.1. The number of nitrogens with one attached hydrogen (secondary N) is 2. The van der Waals surface area contributed by atoms with Gasteiger partial charge in [0.2, 0.25) is 11.8 Å². The number of aryl methyl sites for hydroxylation is 2. The van der Waals surface area contributed by atoms with Crippen LogP contribution < -0.4 is 10.6 Å². The molecule has 0 heterocycles. The highest BCUT2D eigenvalue weighted by atomic mass is 16.6. The number of amides is 3. The van der Waals surface area contributed by atoms with Crippen molar-refractivity contribution in [1.29, 1.82) is 0 Å². The monoisotopic (exact) mass is 503 g/mol. The van der Waals surface area contributed by atoms with E-state index in [2.05, 4.69) is 21.9 Å². The van der Waals surface area contributed by atoms with E-state index < -0.39 is 41.6 Å². The van der Waals surface area contributed by atoms with E-state index in [9.17, 15) is 19.2 Å². The highest BCUT2D eigenvalue weighted by Crippen LogP contribution is 2.28. The van der Waals surface area contributed by atoms with Crippen LogP contribution in [0.1, 0.15) is 63.8 Å². The number of benzene rings is 1. The Hall–Kier alpha value is -3.36. The van der Waals surface area contributed by atoms with Gasteiger partial charge in [0, 0.05) is 6.54 Å². The van der Waals surface area contributed by atoms with Crippen LogP contribution in [-0.4, -0.2) is 60.6 Å². The number of hydrogen-bond donors (Lipinski definition) is 2. The van der Waals surface area contributed by atoms with Crippen LogP contribution in [0.15, 0.2) is 30.9 Å². The van der Waals surface area contributed by atoms with Crippen LogP contribution in [0.3, 0.4) is 0 Å². The molecule has 0 saturated heterocycles. The summed E-state index contributed by atoms with van der Waals surface area (Å²) in [5, 5.41) is 5.27. The smallest absolute Gasteiger partial charge is 0.408 e. The van der Waals surface area contributed by atoms with E-state index in [0.717, 1.165) is 11.1 Å². The minimum absolute atomic E-state index is 0.0332. The molecule has 0 aliphatic rings. The fourth-order valence-corrected chi connectivity index (χ4v) is 3.59. The summed E-state index contributed by atoms with van der Waals surface area (Å²) in [4.78, 5) is 53.1. The molecule has 3 atom stereocenters. The maximum absolute atomic E-state index is 14.0. The maximum Gasteiger partial charge on any atom is 0.408 e. The molecule has 0 spiro atoms. The van der Waals surface area contributed by atoms with Crippen LogP contribution in [0.2, 0.25) is 0 Å². The largest absolute Gasteiger partial charge is 0.468 e. The second kappa shape index (κ2) is 13.7. The van der Waals surface area contributed by atoms with E-state index in [1.807, 2.05) is 45.9 Å². The van der Waals surface area contributed by atoms with E-state index in [4.69, 9.17) is 4.74 Å². The molecule has 0 fully saturated rings. The number of nitrogens with zero attached hydrogens (tertiary/aromatic N) is 1. The zero-order chi connectivity index (χ0) is 27.6. The van der Waals surface area contributed by atoms with E-state index >= 15 is 0 Å². The Morgan fingerprint density at radius 2 is 1.81 bits per heavy atom. The van der Waals surface area contributed by atoms with Crippen LogP contribution in [0.4, 0.5) is 4.79 Å². The van der Waals surface area contributed by atoms with E-state index in [0.29, 0.717) is 12.0 Å². The molecule has 3 amide bonds. The SMILES string of the molecule is C=CCN(C(=O)C(NC(=O)OC(C)(C)C)C(C)CC)C(C(=O)NCC(=O)OC)c1cc(C)ccc1C. The number of methoxy groups -OCH3 is 1. The van der Waals surface area contributed by atoms with E-state index in [-0.39, 0.29) is 19.0 Å². The van der Waals surface area contributed by atoms with Gasteiger partial charge in [-0.1, -0.05) is 50.1 Å². The van der Waals surface area contributed by atoms with Crippen molar-refractivity contribution in [3.8, 4) is 0 Å². The van der Waals surface area contributed by atoms with Gasteiger partial charge in [0.25, 0.3) is 0 Å². The first-order valence-electron chi connectivity index (χ1n) is 12.1. The molecule has 0 aliphatic carbocycles. The molecule has 0 radical (unpaired) electrons. The molecule has 1 rings (SSSR count). The number of carbonyl (C=O) groups is 4. The first-order chi connectivity index (χ1) is 16.7. The zero-order valence-corrected chi connectivity index (χ0v) is 22.8. The molecule has 3 unspecified atom stereocenters. The average molecular weight is 504 g/mol. The summed E-state index contributed by atoms with van der Waals surface area (Å²) < 4.78 is 10.0. The molecule has 1 aromatic rings. The summed E-state index contributed by atoms with van der Waals surface area (Å²) in [6.07, 6.45) is 1.39. The topological polar surface area (TPSA) is 114 Å². The fraction of sp³-hybridized carbons (Fsp3) is 0.556. The Labute approximate surface area is 214 Å². The van der Waals surface area contributed by atoms with Crippen LogP contribution in [0.25, 0.3) is 0 Å². The number of esters is 1. The van der Waals surface area contributed by atoms with Gasteiger partial charge in [0.05, 0.1) is 7.11 Å². The molecule has 36 heavy (non-hydrogen) atoms. The van der Waals surface area contributed by atoms with Gasteiger partial charge < -0.3 is 25.0 Å². The Balaban J connectivity index is 3.54. The van der Waals surface area contributed by atoms with E-state index in [1.54, 1.807) is 20.8 Å². The van der Waals surface area contributed by atoms with Gasteiger partial charge in [-0.2, -0.15) is 0 Å². The summed E-state index contributed by atoms with van der Waals surface area (Å²) in [5.74, 6) is -1.89. The van der Waals surface area contributed by atoms with Crippen molar-refractivity contribution in [3.05, 3.63) is 47.5 Å². The zero-order valence-electron chi connectivity index (χ0n) is 22.8. The van der Waals surface area contributed by atoms with E-state index in [1.165, 1.54) is 18.1 Å². The molecule has 200 valence electrons. The predicted molar refractivity (Wildman–Crippen MR) is 138 cm³/mol. The number of hydrogen-bond acceptors (Lipinski definition) is 6. The molecule has 2 N–H and O–H groups in total. The molecule has 0 bridgehead atoms. The fourth-order valence-electron chi connectivity index (χ4n) is 3.59. The number of alkyl carbamates (subject to hydrolysis) is 1. The lowest BCUT2D eigenvalue weighted by Gasteiger charge is -2.36. The molecule has 0 aliphatic heterocycles. The molecule has 0 saturated carbocycles. The third-order valence-electron chi connectivity index (χ3n) is 5.68. The normalized spacial score (nSPS) is 13.6. The summed E-state index contributed by atoms with van der Waals surface area (Å²) >= 11 is 0. The summed E-state index contributed by atoms with van der Waals surface area (Å²) in [7, 11) is 1.23. The summed E-state index contributed by atoms with van der Waals surface area (Å²) in [5.41, 5.74) is 1.55. The number of ether oxygens (including phenoxy) is 2. The highest BCUT2D eigenvalue weighted by molar-refractivity contribution is 5.93. The second-order valence-electron chi connectivity index (χ2n) is 9.85. The lowest BCUT2D eigenvalue weighted by atomic mass is 9.93. The third kappa shape index (κ3) is 9.02.